The van der Waals surface area contributed by atoms with E-state index in [9.17, 15) is 0 Å². The predicted molar refractivity (Wildman–Crippen MR) is 62.5 cm³/mol. The summed E-state index contributed by atoms with van der Waals surface area (Å²) in [6.45, 7) is 0. The molecule has 1 aliphatic carbocycles. The van der Waals surface area contributed by atoms with Gasteiger partial charge in [-0.1, -0.05) is 0 Å². The maximum absolute atomic E-state index is 5.66. The Morgan fingerprint density at radius 2 is 2.40 bits per heavy atom. The fourth-order valence-corrected chi connectivity index (χ4v) is 2.48. The SMILES string of the molecule is CNC1CCC(Cc2ccnc(N)c2)C1. The van der Waals surface area contributed by atoms with Crippen molar-refractivity contribution in [1.82, 2.24) is 10.3 Å². The Kier molecular flexibility index (Phi) is 3.21. The second-order valence-corrected chi connectivity index (χ2v) is 4.46. The van der Waals surface area contributed by atoms with Crippen molar-refractivity contribution >= 4 is 5.82 Å². The second kappa shape index (κ2) is 4.62. The summed E-state index contributed by atoms with van der Waals surface area (Å²) in [6, 6.07) is 4.78. The van der Waals surface area contributed by atoms with Crippen LogP contribution in [0.1, 0.15) is 24.8 Å². The molecule has 0 bridgehead atoms. The summed E-state index contributed by atoms with van der Waals surface area (Å²) >= 11 is 0. The number of hydrogen-bond donors (Lipinski definition) is 2. The number of nitrogens with zero attached hydrogens (tertiary/aromatic N) is 1. The summed E-state index contributed by atoms with van der Waals surface area (Å²) in [4.78, 5) is 4.01. The molecule has 3 N–H and O–H groups in total. The Morgan fingerprint density at radius 1 is 1.53 bits per heavy atom. The Bertz CT molecular complexity index is 324. The summed E-state index contributed by atoms with van der Waals surface area (Å²) in [6.07, 6.45) is 6.87. The molecule has 3 heteroatoms. The van der Waals surface area contributed by atoms with Gasteiger partial charge >= 0.3 is 0 Å². The summed E-state index contributed by atoms with van der Waals surface area (Å²) < 4.78 is 0. The normalized spacial score (nSPS) is 25.7. The average molecular weight is 205 g/mol. The third-order valence-electron chi connectivity index (χ3n) is 3.32. The number of rotatable bonds is 3. The first-order chi connectivity index (χ1) is 7.28. The highest BCUT2D eigenvalue weighted by atomic mass is 14.9. The van der Waals surface area contributed by atoms with Crippen LogP contribution in [0.25, 0.3) is 0 Å². The molecular formula is C12H19N3. The molecule has 0 aromatic carbocycles. The molecule has 0 saturated heterocycles. The first-order valence-corrected chi connectivity index (χ1v) is 5.65. The molecule has 2 atom stereocenters. The van der Waals surface area contributed by atoms with Crippen LogP contribution < -0.4 is 11.1 Å². The number of hydrogen-bond acceptors (Lipinski definition) is 3. The number of nitrogens with two attached hydrogens (primary N) is 1. The molecular weight excluding hydrogens is 186 g/mol. The van der Waals surface area contributed by atoms with Gasteiger partial charge in [0.1, 0.15) is 5.82 Å². The quantitative estimate of drug-likeness (QED) is 0.788. The number of nitrogen functional groups attached to an aromatic ring is 1. The van der Waals surface area contributed by atoms with Crippen LogP contribution in [0.4, 0.5) is 5.82 Å². The molecule has 0 spiro atoms. The lowest BCUT2D eigenvalue weighted by Crippen LogP contribution is -2.21. The Hall–Kier alpha value is -1.09. The van der Waals surface area contributed by atoms with Crippen molar-refractivity contribution < 1.29 is 0 Å². The molecule has 0 amide bonds. The van der Waals surface area contributed by atoms with Gasteiger partial charge in [0.05, 0.1) is 0 Å². The fraction of sp³-hybridized carbons (Fsp3) is 0.583. The van der Waals surface area contributed by atoms with Gasteiger partial charge < -0.3 is 11.1 Å². The van der Waals surface area contributed by atoms with Crippen molar-refractivity contribution in [3.8, 4) is 0 Å². The summed E-state index contributed by atoms with van der Waals surface area (Å²) in [7, 11) is 2.05. The van der Waals surface area contributed by atoms with E-state index in [4.69, 9.17) is 5.73 Å². The van der Waals surface area contributed by atoms with Crippen molar-refractivity contribution in [2.24, 2.45) is 5.92 Å². The van der Waals surface area contributed by atoms with Crippen molar-refractivity contribution in [1.29, 1.82) is 0 Å². The van der Waals surface area contributed by atoms with Crippen LogP contribution in [-0.2, 0) is 6.42 Å². The van der Waals surface area contributed by atoms with Gasteiger partial charge in [-0.2, -0.15) is 0 Å². The molecule has 1 saturated carbocycles. The van der Waals surface area contributed by atoms with Crippen LogP contribution in [-0.4, -0.2) is 18.1 Å². The van der Waals surface area contributed by atoms with E-state index in [0.717, 1.165) is 12.3 Å². The molecule has 3 nitrogen and oxygen atoms in total. The smallest absolute Gasteiger partial charge is 0.123 e. The lowest BCUT2D eigenvalue weighted by molar-refractivity contribution is 0.510. The molecule has 0 radical (unpaired) electrons. The number of nitrogens with one attached hydrogen (secondary N) is 1. The van der Waals surface area contributed by atoms with Gasteiger partial charge in [-0.05, 0) is 56.3 Å². The number of pyridine rings is 1. The molecule has 15 heavy (non-hydrogen) atoms. The zero-order valence-corrected chi connectivity index (χ0v) is 9.24. The predicted octanol–water partition coefficient (Wildman–Crippen LogP) is 1.59. The average Bonchev–Trinajstić information content (AvgIpc) is 2.65. The summed E-state index contributed by atoms with van der Waals surface area (Å²) in [5, 5.41) is 3.35. The van der Waals surface area contributed by atoms with E-state index in [1.165, 1.54) is 24.8 Å². The van der Waals surface area contributed by atoms with Crippen LogP contribution in [0.15, 0.2) is 18.3 Å². The van der Waals surface area contributed by atoms with Gasteiger partial charge in [0.25, 0.3) is 0 Å². The maximum Gasteiger partial charge on any atom is 0.123 e. The van der Waals surface area contributed by atoms with E-state index in [1.807, 2.05) is 6.07 Å². The zero-order chi connectivity index (χ0) is 10.7. The van der Waals surface area contributed by atoms with Gasteiger partial charge in [0.15, 0.2) is 0 Å². The van der Waals surface area contributed by atoms with Crippen LogP contribution in [0.5, 0.6) is 0 Å². The molecule has 1 fully saturated rings. The summed E-state index contributed by atoms with van der Waals surface area (Å²) in [5.41, 5.74) is 6.99. The topological polar surface area (TPSA) is 50.9 Å². The zero-order valence-electron chi connectivity index (χ0n) is 9.24. The largest absolute Gasteiger partial charge is 0.384 e. The van der Waals surface area contributed by atoms with Crippen LogP contribution in [0, 0.1) is 5.92 Å². The third-order valence-corrected chi connectivity index (χ3v) is 3.32. The molecule has 0 aliphatic heterocycles. The van der Waals surface area contributed by atoms with Crippen LogP contribution in [0.2, 0.25) is 0 Å². The van der Waals surface area contributed by atoms with E-state index in [1.54, 1.807) is 6.20 Å². The first-order valence-electron chi connectivity index (χ1n) is 5.65. The monoisotopic (exact) mass is 205 g/mol. The Morgan fingerprint density at radius 3 is 3.07 bits per heavy atom. The van der Waals surface area contributed by atoms with E-state index in [-0.39, 0.29) is 0 Å². The van der Waals surface area contributed by atoms with Crippen molar-refractivity contribution in [2.75, 3.05) is 12.8 Å². The number of anilines is 1. The highest BCUT2D eigenvalue weighted by Gasteiger charge is 2.23. The standard InChI is InChI=1S/C12H19N3/c1-14-11-3-2-9(7-11)6-10-4-5-15-12(13)8-10/h4-5,8-9,11,14H,2-3,6-7H2,1H3,(H2,13,15). The molecule has 2 rings (SSSR count). The van der Waals surface area contributed by atoms with Gasteiger partial charge in [0.2, 0.25) is 0 Å². The molecule has 1 aromatic rings. The third kappa shape index (κ3) is 2.69. The first kappa shape index (κ1) is 10.4. The van der Waals surface area contributed by atoms with Gasteiger partial charge in [0, 0.05) is 12.2 Å². The lowest BCUT2D eigenvalue weighted by Gasteiger charge is -2.10. The van der Waals surface area contributed by atoms with Gasteiger partial charge in [-0.25, -0.2) is 4.98 Å². The minimum absolute atomic E-state index is 0.635. The molecule has 2 unspecified atom stereocenters. The van der Waals surface area contributed by atoms with Crippen LogP contribution >= 0.6 is 0 Å². The highest BCUT2D eigenvalue weighted by molar-refractivity contribution is 5.32. The van der Waals surface area contributed by atoms with Gasteiger partial charge in [-0.3, -0.25) is 0 Å². The molecule has 1 aromatic heterocycles. The van der Waals surface area contributed by atoms with Crippen molar-refractivity contribution in [3.05, 3.63) is 23.9 Å². The highest BCUT2D eigenvalue weighted by Crippen LogP contribution is 2.28. The van der Waals surface area contributed by atoms with Crippen molar-refractivity contribution in [3.63, 3.8) is 0 Å². The summed E-state index contributed by atoms with van der Waals surface area (Å²) in [5.74, 6) is 1.44. The second-order valence-electron chi connectivity index (χ2n) is 4.46. The van der Waals surface area contributed by atoms with E-state index in [0.29, 0.717) is 11.9 Å². The fourth-order valence-electron chi connectivity index (χ4n) is 2.48. The Labute approximate surface area is 91.1 Å². The Balaban J connectivity index is 1.92. The van der Waals surface area contributed by atoms with Crippen molar-refractivity contribution in [2.45, 2.75) is 31.7 Å². The molecule has 1 aliphatic rings. The van der Waals surface area contributed by atoms with E-state index >= 15 is 0 Å². The maximum atomic E-state index is 5.66. The minimum Gasteiger partial charge on any atom is -0.384 e. The van der Waals surface area contributed by atoms with E-state index < -0.39 is 0 Å². The van der Waals surface area contributed by atoms with E-state index in [2.05, 4.69) is 23.4 Å². The molecule has 1 heterocycles. The van der Waals surface area contributed by atoms with Crippen LogP contribution in [0.3, 0.4) is 0 Å². The molecule has 82 valence electrons. The minimum atomic E-state index is 0.635. The lowest BCUT2D eigenvalue weighted by atomic mass is 9.98. The van der Waals surface area contributed by atoms with Gasteiger partial charge in [-0.15, -0.1) is 0 Å². The number of aromatic nitrogens is 1.